The van der Waals surface area contributed by atoms with Gasteiger partial charge in [-0.1, -0.05) is 41.9 Å². The van der Waals surface area contributed by atoms with Gasteiger partial charge in [0.05, 0.1) is 0 Å². The van der Waals surface area contributed by atoms with Gasteiger partial charge in [0, 0.05) is 17.6 Å². The molecule has 1 aromatic rings. The van der Waals surface area contributed by atoms with Crippen molar-refractivity contribution in [1.82, 2.24) is 5.32 Å². The molecule has 0 aliphatic carbocycles. The summed E-state index contributed by atoms with van der Waals surface area (Å²) in [5.41, 5.74) is 1.87. The van der Waals surface area contributed by atoms with Gasteiger partial charge in [-0.3, -0.25) is 0 Å². The van der Waals surface area contributed by atoms with Crippen molar-refractivity contribution < 1.29 is 0 Å². The average Bonchev–Trinajstić information content (AvgIpc) is 2.16. The molecule has 0 radical (unpaired) electrons. The number of piperidine rings is 1. The molecule has 2 rings (SSSR count). The number of benzene rings is 1. The van der Waals surface area contributed by atoms with E-state index in [9.17, 15) is 0 Å². The Labute approximate surface area is 100 Å². The molecule has 1 atom stereocenters. The number of nitrogens with one attached hydrogen (secondary N) is 1. The van der Waals surface area contributed by atoms with Crippen molar-refractivity contribution >= 4 is 15.9 Å². The standard InChI is InChI=1S/C13H18BrN/c1-13(2)7-11(8-15-9-13)10-4-3-5-12(14)6-10/h3-6,11,15H,7-9H2,1-2H3. The van der Waals surface area contributed by atoms with Crippen LogP contribution in [0.5, 0.6) is 0 Å². The maximum Gasteiger partial charge on any atom is 0.0178 e. The Bertz CT molecular complexity index is 346. The molecule has 1 heterocycles. The first kappa shape index (κ1) is 11.2. The minimum Gasteiger partial charge on any atom is -0.316 e. The van der Waals surface area contributed by atoms with E-state index in [-0.39, 0.29) is 0 Å². The molecule has 0 aromatic heterocycles. The first-order chi connectivity index (χ1) is 7.07. The van der Waals surface area contributed by atoms with Gasteiger partial charge >= 0.3 is 0 Å². The van der Waals surface area contributed by atoms with Gasteiger partial charge in [-0.15, -0.1) is 0 Å². The van der Waals surface area contributed by atoms with Crippen molar-refractivity contribution in [2.75, 3.05) is 13.1 Å². The zero-order valence-corrected chi connectivity index (χ0v) is 11.0. The third-order valence-corrected chi connectivity index (χ3v) is 3.61. The second kappa shape index (κ2) is 4.26. The maximum atomic E-state index is 3.54. The van der Waals surface area contributed by atoms with E-state index in [1.807, 2.05) is 0 Å². The van der Waals surface area contributed by atoms with E-state index >= 15 is 0 Å². The van der Waals surface area contributed by atoms with E-state index in [2.05, 4.69) is 59.4 Å². The molecule has 1 nitrogen and oxygen atoms in total. The maximum absolute atomic E-state index is 3.54. The second-order valence-electron chi connectivity index (χ2n) is 5.25. The lowest BCUT2D eigenvalue weighted by Gasteiger charge is -2.36. The van der Waals surface area contributed by atoms with Gasteiger partial charge in [-0.05, 0) is 35.4 Å². The Morgan fingerprint density at radius 1 is 1.40 bits per heavy atom. The van der Waals surface area contributed by atoms with Crippen molar-refractivity contribution in [2.24, 2.45) is 5.41 Å². The third kappa shape index (κ3) is 2.82. The second-order valence-corrected chi connectivity index (χ2v) is 6.17. The van der Waals surface area contributed by atoms with E-state index < -0.39 is 0 Å². The molecule has 0 amide bonds. The largest absolute Gasteiger partial charge is 0.316 e. The Morgan fingerprint density at radius 3 is 2.87 bits per heavy atom. The lowest BCUT2D eigenvalue weighted by molar-refractivity contribution is 0.240. The highest BCUT2D eigenvalue weighted by Crippen LogP contribution is 2.34. The zero-order chi connectivity index (χ0) is 10.9. The fourth-order valence-electron chi connectivity index (χ4n) is 2.39. The molecule has 1 aliphatic rings. The van der Waals surface area contributed by atoms with Crippen LogP contribution in [-0.4, -0.2) is 13.1 Å². The molecule has 15 heavy (non-hydrogen) atoms. The lowest BCUT2D eigenvalue weighted by Crippen LogP contribution is -2.40. The molecular weight excluding hydrogens is 250 g/mol. The molecule has 1 N–H and O–H groups in total. The van der Waals surface area contributed by atoms with Gasteiger partial charge in [-0.2, -0.15) is 0 Å². The molecule has 1 aromatic carbocycles. The van der Waals surface area contributed by atoms with Crippen LogP contribution in [0.4, 0.5) is 0 Å². The highest BCUT2D eigenvalue weighted by Gasteiger charge is 2.28. The number of hydrogen-bond donors (Lipinski definition) is 1. The monoisotopic (exact) mass is 267 g/mol. The average molecular weight is 268 g/mol. The Hall–Kier alpha value is -0.340. The van der Waals surface area contributed by atoms with Gasteiger partial charge in [0.25, 0.3) is 0 Å². The van der Waals surface area contributed by atoms with Crippen molar-refractivity contribution in [3.8, 4) is 0 Å². The Morgan fingerprint density at radius 2 is 2.20 bits per heavy atom. The fourth-order valence-corrected chi connectivity index (χ4v) is 2.81. The van der Waals surface area contributed by atoms with E-state index in [0.717, 1.165) is 13.1 Å². The van der Waals surface area contributed by atoms with Crippen molar-refractivity contribution in [3.05, 3.63) is 34.3 Å². The summed E-state index contributed by atoms with van der Waals surface area (Å²) in [5, 5.41) is 3.53. The summed E-state index contributed by atoms with van der Waals surface area (Å²) in [5.74, 6) is 0.659. The van der Waals surface area contributed by atoms with Gasteiger partial charge in [0.15, 0.2) is 0 Å². The van der Waals surface area contributed by atoms with Crippen LogP contribution in [0.15, 0.2) is 28.7 Å². The Kier molecular flexibility index (Phi) is 3.17. The van der Waals surface area contributed by atoms with Crippen molar-refractivity contribution in [2.45, 2.75) is 26.2 Å². The SMILES string of the molecule is CC1(C)CNCC(c2cccc(Br)c2)C1. The van der Waals surface area contributed by atoms with Crippen LogP contribution in [0, 0.1) is 5.41 Å². The van der Waals surface area contributed by atoms with E-state index in [1.165, 1.54) is 16.5 Å². The first-order valence-electron chi connectivity index (χ1n) is 5.53. The summed E-state index contributed by atoms with van der Waals surface area (Å²) in [6.07, 6.45) is 1.27. The normalized spacial score (nSPS) is 25.1. The fraction of sp³-hybridized carbons (Fsp3) is 0.538. The van der Waals surface area contributed by atoms with Gasteiger partial charge in [-0.25, -0.2) is 0 Å². The topological polar surface area (TPSA) is 12.0 Å². The smallest absolute Gasteiger partial charge is 0.0178 e. The quantitative estimate of drug-likeness (QED) is 0.821. The minimum absolute atomic E-state index is 0.422. The van der Waals surface area contributed by atoms with E-state index in [4.69, 9.17) is 0 Å². The molecule has 1 unspecified atom stereocenters. The van der Waals surface area contributed by atoms with E-state index in [1.54, 1.807) is 0 Å². The number of halogens is 1. The van der Waals surface area contributed by atoms with Crippen LogP contribution < -0.4 is 5.32 Å². The molecule has 1 saturated heterocycles. The molecule has 0 spiro atoms. The summed E-state index contributed by atoms with van der Waals surface area (Å²) in [7, 11) is 0. The number of hydrogen-bond acceptors (Lipinski definition) is 1. The van der Waals surface area contributed by atoms with Gasteiger partial charge in [0.1, 0.15) is 0 Å². The Balaban J connectivity index is 2.17. The van der Waals surface area contributed by atoms with Crippen molar-refractivity contribution in [1.29, 1.82) is 0 Å². The zero-order valence-electron chi connectivity index (χ0n) is 9.39. The predicted molar refractivity (Wildman–Crippen MR) is 68.2 cm³/mol. The van der Waals surface area contributed by atoms with Crippen LogP contribution in [0.2, 0.25) is 0 Å². The summed E-state index contributed by atoms with van der Waals surface area (Å²) in [4.78, 5) is 0. The van der Waals surface area contributed by atoms with Crippen LogP contribution in [0.1, 0.15) is 31.7 Å². The van der Waals surface area contributed by atoms with E-state index in [0.29, 0.717) is 11.3 Å². The molecule has 0 saturated carbocycles. The first-order valence-corrected chi connectivity index (χ1v) is 6.32. The molecule has 82 valence electrons. The summed E-state index contributed by atoms with van der Waals surface area (Å²) >= 11 is 3.54. The third-order valence-electron chi connectivity index (χ3n) is 3.11. The molecular formula is C13H18BrN. The predicted octanol–water partition coefficient (Wildman–Crippen LogP) is 3.55. The minimum atomic E-state index is 0.422. The van der Waals surface area contributed by atoms with Crippen LogP contribution in [0.3, 0.4) is 0 Å². The van der Waals surface area contributed by atoms with Gasteiger partial charge < -0.3 is 5.32 Å². The summed E-state index contributed by atoms with van der Waals surface area (Å²) in [6.45, 7) is 6.92. The highest BCUT2D eigenvalue weighted by atomic mass is 79.9. The summed E-state index contributed by atoms with van der Waals surface area (Å²) < 4.78 is 1.18. The molecule has 0 bridgehead atoms. The van der Waals surface area contributed by atoms with Crippen LogP contribution >= 0.6 is 15.9 Å². The highest BCUT2D eigenvalue weighted by molar-refractivity contribution is 9.10. The number of rotatable bonds is 1. The molecule has 1 fully saturated rings. The molecule has 1 aliphatic heterocycles. The van der Waals surface area contributed by atoms with Crippen molar-refractivity contribution in [3.63, 3.8) is 0 Å². The summed E-state index contributed by atoms with van der Waals surface area (Å²) in [6, 6.07) is 8.69. The molecule has 2 heteroatoms. The van der Waals surface area contributed by atoms with Gasteiger partial charge in [0.2, 0.25) is 0 Å². The van der Waals surface area contributed by atoms with Crippen LogP contribution in [-0.2, 0) is 0 Å². The lowest BCUT2D eigenvalue weighted by atomic mass is 9.77. The van der Waals surface area contributed by atoms with Crippen LogP contribution in [0.25, 0.3) is 0 Å².